The van der Waals surface area contributed by atoms with Crippen LogP contribution in [0.15, 0.2) is 24.3 Å². The van der Waals surface area contributed by atoms with E-state index in [9.17, 15) is 4.79 Å². The molecule has 1 amide bonds. The molecule has 1 heterocycles. The van der Waals surface area contributed by atoms with Gasteiger partial charge in [0.05, 0.1) is 7.11 Å². The molecule has 1 aliphatic heterocycles. The Bertz CT molecular complexity index is 457. The van der Waals surface area contributed by atoms with Crippen molar-refractivity contribution in [1.82, 2.24) is 10.2 Å². The first-order chi connectivity index (χ1) is 10.7. The third-order valence-corrected chi connectivity index (χ3v) is 4.38. The van der Waals surface area contributed by atoms with Crippen molar-refractivity contribution >= 4 is 5.91 Å². The fraction of sp³-hybridized carbons (Fsp3) is 0.611. The number of aryl methyl sites for hydroxylation is 1. The Morgan fingerprint density at radius 3 is 2.82 bits per heavy atom. The number of amides is 1. The highest BCUT2D eigenvalue weighted by atomic mass is 16.5. The van der Waals surface area contributed by atoms with Crippen LogP contribution in [0.4, 0.5) is 0 Å². The van der Waals surface area contributed by atoms with Gasteiger partial charge >= 0.3 is 0 Å². The Hall–Kier alpha value is -1.55. The SMILES string of the molecule is CNCC1CCCN(C(=O)CCCc2ccc(OC)cc2)C1. The molecule has 1 aliphatic rings. The maximum atomic E-state index is 12.3. The van der Waals surface area contributed by atoms with Crippen molar-refractivity contribution in [3.05, 3.63) is 29.8 Å². The van der Waals surface area contributed by atoms with Gasteiger partial charge in [0, 0.05) is 19.5 Å². The predicted molar refractivity (Wildman–Crippen MR) is 89.2 cm³/mol. The second-order valence-corrected chi connectivity index (χ2v) is 6.11. The highest BCUT2D eigenvalue weighted by Crippen LogP contribution is 2.18. The van der Waals surface area contributed by atoms with E-state index in [1.54, 1.807) is 7.11 Å². The number of rotatable bonds is 7. The van der Waals surface area contributed by atoms with Gasteiger partial charge in [0.2, 0.25) is 5.91 Å². The lowest BCUT2D eigenvalue weighted by Gasteiger charge is -2.32. The Kier molecular flexibility index (Phi) is 6.72. The number of hydrogen-bond donors (Lipinski definition) is 1. The molecule has 0 aromatic heterocycles. The molecule has 1 aromatic carbocycles. The summed E-state index contributed by atoms with van der Waals surface area (Å²) < 4.78 is 5.16. The lowest BCUT2D eigenvalue weighted by atomic mass is 9.97. The third kappa shape index (κ3) is 5.02. The zero-order valence-corrected chi connectivity index (χ0v) is 13.8. The zero-order chi connectivity index (χ0) is 15.8. The highest BCUT2D eigenvalue weighted by Gasteiger charge is 2.22. The molecule has 1 atom stereocenters. The summed E-state index contributed by atoms with van der Waals surface area (Å²) in [6.45, 7) is 2.86. The molecule has 122 valence electrons. The summed E-state index contributed by atoms with van der Waals surface area (Å²) in [5, 5.41) is 3.22. The summed E-state index contributed by atoms with van der Waals surface area (Å²) in [5.74, 6) is 1.81. The number of likely N-dealkylation sites (tertiary alicyclic amines) is 1. The van der Waals surface area contributed by atoms with Gasteiger partial charge in [-0.1, -0.05) is 12.1 Å². The van der Waals surface area contributed by atoms with Gasteiger partial charge in [-0.3, -0.25) is 4.79 Å². The number of benzene rings is 1. The molecule has 1 aromatic rings. The first-order valence-corrected chi connectivity index (χ1v) is 8.28. The van der Waals surface area contributed by atoms with Crippen LogP contribution >= 0.6 is 0 Å². The third-order valence-electron chi connectivity index (χ3n) is 4.38. The summed E-state index contributed by atoms with van der Waals surface area (Å²) in [6, 6.07) is 8.11. The lowest BCUT2D eigenvalue weighted by molar-refractivity contribution is -0.133. The van der Waals surface area contributed by atoms with Crippen LogP contribution in [0.25, 0.3) is 0 Å². The number of nitrogens with zero attached hydrogens (tertiary/aromatic N) is 1. The van der Waals surface area contributed by atoms with Crippen LogP contribution in [0.5, 0.6) is 5.75 Å². The van der Waals surface area contributed by atoms with Crippen LogP contribution in [0, 0.1) is 5.92 Å². The lowest BCUT2D eigenvalue weighted by Crippen LogP contribution is -2.42. The first kappa shape index (κ1) is 16.8. The van der Waals surface area contributed by atoms with E-state index < -0.39 is 0 Å². The van der Waals surface area contributed by atoms with E-state index in [-0.39, 0.29) is 0 Å². The van der Waals surface area contributed by atoms with Crippen molar-refractivity contribution in [1.29, 1.82) is 0 Å². The fourth-order valence-electron chi connectivity index (χ4n) is 3.14. The number of carbonyl (C=O) groups excluding carboxylic acids is 1. The Labute approximate surface area is 133 Å². The number of methoxy groups -OCH3 is 1. The maximum Gasteiger partial charge on any atom is 0.222 e. The average Bonchev–Trinajstić information content (AvgIpc) is 2.56. The molecule has 4 heteroatoms. The second kappa shape index (κ2) is 8.79. The van der Waals surface area contributed by atoms with Crippen LogP contribution in [0.2, 0.25) is 0 Å². The quantitative estimate of drug-likeness (QED) is 0.841. The van der Waals surface area contributed by atoms with Crippen LogP contribution in [0.3, 0.4) is 0 Å². The first-order valence-electron chi connectivity index (χ1n) is 8.28. The average molecular weight is 304 g/mol. The number of carbonyl (C=O) groups is 1. The summed E-state index contributed by atoms with van der Waals surface area (Å²) in [7, 11) is 3.66. The van der Waals surface area contributed by atoms with E-state index in [0.717, 1.165) is 44.6 Å². The molecule has 2 rings (SSSR count). The highest BCUT2D eigenvalue weighted by molar-refractivity contribution is 5.76. The van der Waals surface area contributed by atoms with Crippen molar-refractivity contribution in [2.24, 2.45) is 5.92 Å². The van der Waals surface area contributed by atoms with Crippen molar-refractivity contribution in [2.45, 2.75) is 32.1 Å². The molecular weight excluding hydrogens is 276 g/mol. The van der Waals surface area contributed by atoms with E-state index >= 15 is 0 Å². The monoisotopic (exact) mass is 304 g/mol. The number of hydrogen-bond acceptors (Lipinski definition) is 3. The molecule has 1 saturated heterocycles. The molecule has 1 N–H and O–H groups in total. The van der Waals surface area contributed by atoms with Crippen molar-refractivity contribution < 1.29 is 9.53 Å². The molecular formula is C18H28N2O2. The zero-order valence-electron chi connectivity index (χ0n) is 13.8. The van der Waals surface area contributed by atoms with Crippen LogP contribution in [0.1, 0.15) is 31.2 Å². The van der Waals surface area contributed by atoms with Crippen molar-refractivity contribution in [2.75, 3.05) is 33.8 Å². The summed E-state index contributed by atoms with van der Waals surface area (Å²) in [4.78, 5) is 14.4. The van der Waals surface area contributed by atoms with Gasteiger partial charge in [-0.05, 0) is 62.9 Å². The van der Waals surface area contributed by atoms with E-state index in [2.05, 4.69) is 22.3 Å². The van der Waals surface area contributed by atoms with Gasteiger partial charge in [0.15, 0.2) is 0 Å². The minimum absolute atomic E-state index is 0.314. The standard InChI is InChI=1S/C18H28N2O2/c1-19-13-16-6-4-12-20(14-16)18(21)7-3-5-15-8-10-17(22-2)11-9-15/h8-11,16,19H,3-7,12-14H2,1-2H3. The summed E-state index contributed by atoms with van der Waals surface area (Å²) in [6.07, 6.45) is 4.88. The Balaban J connectivity index is 1.72. The second-order valence-electron chi connectivity index (χ2n) is 6.11. The van der Waals surface area contributed by atoms with Crippen molar-refractivity contribution in [3.8, 4) is 5.75 Å². The maximum absolute atomic E-state index is 12.3. The number of nitrogens with one attached hydrogen (secondary N) is 1. The largest absolute Gasteiger partial charge is 0.497 e. The Morgan fingerprint density at radius 1 is 1.36 bits per heavy atom. The van der Waals surface area contributed by atoms with Crippen LogP contribution in [-0.2, 0) is 11.2 Å². The number of ether oxygens (including phenoxy) is 1. The van der Waals surface area contributed by atoms with E-state index in [1.165, 1.54) is 12.0 Å². The smallest absolute Gasteiger partial charge is 0.222 e. The molecule has 0 spiro atoms. The minimum atomic E-state index is 0.314. The molecule has 0 radical (unpaired) electrons. The fourth-order valence-corrected chi connectivity index (χ4v) is 3.14. The molecule has 1 unspecified atom stereocenters. The van der Waals surface area contributed by atoms with Crippen LogP contribution < -0.4 is 10.1 Å². The molecule has 0 bridgehead atoms. The molecule has 22 heavy (non-hydrogen) atoms. The van der Waals surface area contributed by atoms with E-state index in [1.807, 2.05) is 19.2 Å². The summed E-state index contributed by atoms with van der Waals surface area (Å²) in [5.41, 5.74) is 1.26. The predicted octanol–water partition coefficient (Wildman–Crippen LogP) is 2.48. The molecule has 0 saturated carbocycles. The van der Waals surface area contributed by atoms with Crippen molar-refractivity contribution in [3.63, 3.8) is 0 Å². The van der Waals surface area contributed by atoms with Gasteiger partial charge in [-0.25, -0.2) is 0 Å². The molecule has 0 aliphatic carbocycles. The van der Waals surface area contributed by atoms with Crippen LogP contribution in [-0.4, -0.2) is 44.6 Å². The normalized spacial score (nSPS) is 18.3. The van der Waals surface area contributed by atoms with Gasteiger partial charge in [-0.15, -0.1) is 0 Å². The van der Waals surface area contributed by atoms with E-state index in [0.29, 0.717) is 18.2 Å². The Morgan fingerprint density at radius 2 is 2.14 bits per heavy atom. The van der Waals surface area contributed by atoms with Gasteiger partial charge in [0.1, 0.15) is 5.75 Å². The number of piperidine rings is 1. The van der Waals surface area contributed by atoms with Gasteiger partial charge in [-0.2, -0.15) is 0 Å². The van der Waals surface area contributed by atoms with Gasteiger partial charge < -0.3 is 15.0 Å². The topological polar surface area (TPSA) is 41.6 Å². The summed E-state index contributed by atoms with van der Waals surface area (Å²) >= 11 is 0. The van der Waals surface area contributed by atoms with Gasteiger partial charge in [0.25, 0.3) is 0 Å². The minimum Gasteiger partial charge on any atom is -0.497 e. The van der Waals surface area contributed by atoms with E-state index in [4.69, 9.17) is 4.74 Å². The molecule has 1 fully saturated rings. The molecule has 4 nitrogen and oxygen atoms in total.